The van der Waals surface area contributed by atoms with Crippen molar-refractivity contribution in [2.75, 3.05) is 13.2 Å². The third kappa shape index (κ3) is 3.24. The molecule has 4 bridgehead atoms. The zero-order valence-corrected chi connectivity index (χ0v) is 14.4. The molecule has 0 aromatic heterocycles. The lowest BCUT2D eigenvalue weighted by Gasteiger charge is -2.54. The first-order valence-electron chi connectivity index (χ1n) is 9.36. The average molecular weight is 329 g/mol. The van der Waals surface area contributed by atoms with Crippen LogP contribution in [0.15, 0.2) is 24.3 Å². The maximum atomic E-state index is 12.3. The molecule has 130 valence electrons. The summed E-state index contributed by atoms with van der Waals surface area (Å²) in [5.41, 5.74) is 0. The summed E-state index contributed by atoms with van der Waals surface area (Å²) in [6, 6.07) is 7.82. The summed E-state index contributed by atoms with van der Waals surface area (Å²) in [4.78, 5) is 12.3. The smallest absolute Gasteiger partial charge is 0.258 e. The van der Waals surface area contributed by atoms with Gasteiger partial charge in [0, 0.05) is 6.04 Å². The SMILES string of the molecule is CCOc1ccc(OCC(=O)NC2C3CC4CC(C3)CC2C4)cc1. The van der Waals surface area contributed by atoms with E-state index in [1.165, 1.54) is 32.1 Å². The molecule has 0 unspecified atom stereocenters. The van der Waals surface area contributed by atoms with Crippen LogP contribution in [0.5, 0.6) is 11.5 Å². The van der Waals surface area contributed by atoms with Crippen molar-refractivity contribution < 1.29 is 14.3 Å². The largest absolute Gasteiger partial charge is 0.494 e. The molecule has 0 spiro atoms. The van der Waals surface area contributed by atoms with E-state index >= 15 is 0 Å². The molecule has 4 aliphatic rings. The van der Waals surface area contributed by atoms with Crippen molar-refractivity contribution in [3.8, 4) is 11.5 Å². The maximum Gasteiger partial charge on any atom is 0.258 e. The number of amides is 1. The lowest BCUT2D eigenvalue weighted by atomic mass is 9.54. The normalized spacial score (nSPS) is 33.3. The van der Waals surface area contributed by atoms with Crippen LogP contribution in [0.4, 0.5) is 0 Å². The molecule has 4 fully saturated rings. The van der Waals surface area contributed by atoms with Gasteiger partial charge in [-0.15, -0.1) is 0 Å². The average Bonchev–Trinajstić information content (AvgIpc) is 2.57. The molecule has 0 atom stereocenters. The molecule has 1 N–H and O–H groups in total. The van der Waals surface area contributed by atoms with E-state index in [0.29, 0.717) is 30.2 Å². The van der Waals surface area contributed by atoms with Crippen LogP contribution < -0.4 is 14.8 Å². The molecule has 1 amide bonds. The molecule has 4 nitrogen and oxygen atoms in total. The van der Waals surface area contributed by atoms with Crippen LogP contribution in [0, 0.1) is 23.7 Å². The Bertz CT molecular complexity index is 555. The summed E-state index contributed by atoms with van der Waals surface area (Å²) in [7, 11) is 0. The fourth-order valence-corrected chi connectivity index (χ4v) is 5.34. The Balaban J connectivity index is 1.28. The molecule has 0 aliphatic heterocycles. The highest BCUT2D eigenvalue weighted by Gasteiger charge is 2.48. The number of rotatable bonds is 6. The molecule has 24 heavy (non-hydrogen) atoms. The molecule has 5 rings (SSSR count). The molecular weight excluding hydrogens is 302 g/mol. The van der Waals surface area contributed by atoms with Gasteiger partial charge < -0.3 is 14.8 Å². The lowest BCUT2D eigenvalue weighted by Crippen LogP contribution is -2.56. The van der Waals surface area contributed by atoms with Gasteiger partial charge in [0.1, 0.15) is 11.5 Å². The molecule has 0 radical (unpaired) electrons. The summed E-state index contributed by atoms with van der Waals surface area (Å²) in [6.07, 6.45) is 6.71. The Hall–Kier alpha value is -1.71. The minimum Gasteiger partial charge on any atom is -0.494 e. The number of ether oxygens (including phenoxy) is 2. The molecular formula is C20H27NO3. The van der Waals surface area contributed by atoms with Crippen molar-refractivity contribution >= 4 is 5.91 Å². The standard InChI is InChI=1S/C20H27NO3/c1-2-23-17-3-5-18(6-4-17)24-12-19(22)21-20-15-8-13-7-14(10-15)11-16(20)9-13/h3-6,13-16,20H,2,7-12H2,1H3,(H,21,22). The zero-order chi connectivity index (χ0) is 16.5. The van der Waals surface area contributed by atoms with E-state index in [0.717, 1.165) is 17.6 Å². The van der Waals surface area contributed by atoms with Crippen molar-refractivity contribution in [3.63, 3.8) is 0 Å². The molecule has 0 heterocycles. The lowest BCUT2D eigenvalue weighted by molar-refractivity contribution is -0.127. The highest BCUT2D eigenvalue weighted by molar-refractivity contribution is 5.78. The number of carbonyl (C=O) groups excluding carboxylic acids is 1. The molecule has 1 aromatic rings. The van der Waals surface area contributed by atoms with Gasteiger partial charge in [0.2, 0.25) is 0 Å². The predicted octanol–water partition coefficient (Wildman–Crippen LogP) is 3.41. The van der Waals surface area contributed by atoms with Crippen molar-refractivity contribution in [3.05, 3.63) is 24.3 Å². The van der Waals surface area contributed by atoms with Gasteiger partial charge in [-0.25, -0.2) is 0 Å². The summed E-state index contributed by atoms with van der Waals surface area (Å²) >= 11 is 0. The molecule has 0 saturated heterocycles. The Morgan fingerprint density at radius 3 is 2.04 bits per heavy atom. The van der Waals surface area contributed by atoms with Crippen molar-refractivity contribution in [2.24, 2.45) is 23.7 Å². The third-order valence-corrected chi connectivity index (χ3v) is 6.06. The van der Waals surface area contributed by atoms with Gasteiger partial charge in [-0.3, -0.25) is 4.79 Å². The maximum absolute atomic E-state index is 12.3. The van der Waals surface area contributed by atoms with Gasteiger partial charge in [0.15, 0.2) is 6.61 Å². The van der Waals surface area contributed by atoms with E-state index < -0.39 is 0 Å². The zero-order valence-electron chi connectivity index (χ0n) is 14.4. The fraction of sp³-hybridized carbons (Fsp3) is 0.650. The summed E-state index contributed by atoms with van der Waals surface area (Å²) in [6.45, 7) is 2.70. The van der Waals surface area contributed by atoms with E-state index in [9.17, 15) is 4.79 Å². The number of benzene rings is 1. The van der Waals surface area contributed by atoms with Crippen LogP contribution in [0.3, 0.4) is 0 Å². The van der Waals surface area contributed by atoms with Gasteiger partial charge in [0.25, 0.3) is 5.91 Å². The van der Waals surface area contributed by atoms with Gasteiger partial charge in [0.05, 0.1) is 6.61 Å². The summed E-state index contributed by atoms with van der Waals surface area (Å²) in [5, 5.41) is 3.28. The van der Waals surface area contributed by atoms with Crippen LogP contribution in [0.1, 0.15) is 39.0 Å². The number of hydrogen-bond donors (Lipinski definition) is 1. The van der Waals surface area contributed by atoms with Gasteiger partial charge >= 0.3 is 0 Å². The second-order valence-electron chi connectivity index (χ2n) is 7.72. The van der Waals surface area contributed by atoms with E-state index in [1.807, 2.05) is 31.2 Å². The quantitative estimate of drug-likeness (QED) is 0.870. The second kappa shape index (κ2) is 6.66. The Kier molecular flexibility index (Phi) is 4.38. The van der Waals surface area contributed by atoms with Gasteiger partial charge in [-0.2, -0.15) is 0 Å². The van der Waals surface area contributed by atoms with Crippen LogP contribution in [-0.4, -0.2) is 25.2 Å². The molecule has 4 heteroatoms. The molecule has 4 aliphatic carbocycles. The Labute approximate surface area is 143 Å². The third-order valence-electron chi connectivity index (χ3n) is 6.06. The van der Waals surface area contributed by atoms with Gasteiger partial charge in [-0.1, -0.05) is 0 Å². The topological polar surface area (TPSA) is 47.6 Å². The molecule has 1 aromatic carbocycles. The van der Waals surface area contributed by atoms with Crippen molar-refractivity contribution in [1.82, 2.24) is 5.32 Å². The first kappa shape index (κ1) is 15.8. The summed E-state index contributed by atoms with van der Waals surface area (Å²) < 4.78 is 11.0. The van der Waals surface area contributed by atoms with Crippen LogP contribution in [0.25, 0.3) is 0 Å². The van der Waals surface area contributed by atoms with Crippen molar-refractivity contribution in [1.29, 1.82) is 0 Å². The minimum absolute atomic E-state index is 0.0151. The van der Waals surface area contributed by atoms with E-state index in [4.69, 9.17) is 9.47 Å². The highest BCUT2D eigenvalue weighted by Crippen LogP contribution is 2.53. The Morgan fingerprint density at radius 2 is 1.50 bits per heavy atom. The van der Waals surface area contributed by atoms with Gasteiger partial charge in [-0.05, 0) is 87.0 Å². The highest BCUT2D eigenvalue weighted by atomic mass is 16.5. The second-order valence-corrected chi connectivity index (χ2v) is 7.72. The number of nitrogens with one attached hydrogen (secondary N) is 1. The number of carbonyl (C=O) groups is 1. The fourth-order valence-electron chi connectivity index (χ4n) is 5.34. The first-order chi connectivity index (χ1) is 11.7. The van der Waals surface area contributed by atoms with Crippen LogP contribution >= 0.6 is 0 Å². The minimum atomic E-state index is 0.0151. The van der Waals surface area contributed by atoms with Crippen molar-refractivity contribution in [2.45, 2.75) is 45.1 Å². The van der Waals surface area contributed by atoms with Crippen LogP contribution in [0.2, 0.25) is 0 Å². The monoisotopic (exact) mass is 329 g/mol. The first-order valence-corrected chi connectivity index (χ1v) is 9.36. The van der Waals surface area contributed by atoms with E-state index in [-0.39, 0.29) is 12.5 Å². The predicted molar refractivity (Wildman–Crippen MR) is 92.1 cm³/mol. The van der Waals surface area contributed by atoms with E-state index in [1.54, 1.807) is 0 Å². The number of hydrogen-bond acceptors (Lipinski definition) is 3. The van der Waals surface area contributed by atoms with Crippen LogP contribution in [-0.2, 0) is 4.79 Å². The summed E-state index contributed by atoms with van der Waals surface area (Å²) in [5.74, 6) is 4.82. The van der Waals surface area contributed by atoms with E-state index in [2.05, 4.69) is 5.32 Å². The Morgan fingerprint density at radius 1 is 0.958 bits per heavy atom. The molecule has 4 saturated carbocycles.